The second kappa shape index (κ2) is 5.63. The Morgan fingerprint density at radius 1 is 1.60 bits per heavy atom. The third kappa shape index (κ3) is 3.14. The Morgan fingerprint density at radius 3 is 2.40 bits per heavy atom. The number of nitrogens with zero attached hydrogens (tertiary/aromatic N) is 1. The second-order valence-electron chi connectivity index (χ2n) is 1.39. The highest BCUT2D eigenvalue weighted by Crippen LogP contribution is 2.16. The molecule has 2 nitrogen and oxygen atoms in total. The van der Waals surface area contributed by atoms with Crippen molar-refractivity contribution in [1.82, 2.24) is 4.37 Å². The lowest BCUT2D eigenvalue weighted by molar-refractivity contribution is 0.626. The molecule has 1 rings (SSSR count). The van der Waals surface area contributed by atoms with Gasteiger partial charge in [0.1, 0.15) is 0 Å². The molecule has 58 valence electrons. The number of rotatable bonds is 1. The fraction of sp³-hybridized carbons (Fsp3) is 0.500. The van der Waals surface area contributed by atoms with Crippen molar-refractivity contribution in [3.8, 4) is 5.88 Å². The molecule has 1 atom stereocenters. The topological polar surface area (TPSA) is 22.1 Å². The van der Waals surface area contributed by atoms with Gasteiger partial charge in [-0.05, 0) is 18.5 Å². The van der Waals surface area contributed by atoms with Crippen molar-refractivity contribution in [1.29, 1.82) is 0 Å². The maximum Gasteiger partial charge on any atom is 0.227 e. The summed E-state index contributed by atoms with van der Waals surface area (Å²) in [6, 6.07) is 1.89. The van der Waals surface area contributed by atoms with E-state index in [1.807, 2.05) is 26.8 Å². The summed E-state index contributed by atoms with van der Waals surface area (Å²) in [5, 5.41) is 0. The van der Waals surface area contributed by atoms with Gasteiger partial charge in [-0.1, -0.05) is 13.8 Å². The first-order chi connectivity index (χ1) is 4.83. The van der Waals surface area contributed by atoms with E-state index in [2.05, 4.69) is 13.8 Å². The zero-order chi connectivity index (χ0) is 7.98. The van der Waals surface area contributed by atoms with Crippen molar-refractivity contribution in [3.05, 3.63) is 10.9 Å². The standard InChI is InChI=1S/C4H6NOPS.C2H6/c1-3-2-4(6-7)5-8-3;1-2/h2H,7H2,1H3;1-2H3. The molecule has 1 heterocycles. The summed E-state index contributed by atoms with van der Waals surface area (Å²) in [5.41, 5.74) is 0. The molecular formula is C6H12NOPS. The number of hydrogen-bond acceptors (Lipinski definition) is 3. The fourth-order valence-corrected chi connectivity index (χ4v) is 1.08. The van der Waals surface area contributed by atoms with E-state index in [1.165, 1.54) is 16.4 Å². The largest absolute Gasteiger partial charge is 0.463 e. The maximum absolute atomic E-state index is 4.75. The van der Waals surface area contributed by atoms with Crippen LogP contribution in [0.15, 0.2) is 6.07 Å². The minimum atomic E-state index is 0.678. The van der Waals surface area contributed by atoms with Crippen molar-refractivity contribution in [3.63, 3.8) is 0 Å². The van der Waals surface area contributed by atoms with Gasteiger partial charge in [0.25, 0.3) is 0 Å². The lowest BCUT2D eigenvalue weighted by Crippen LogP contribution is -1.67. The lowest BCUT2D eigenvalue weighted by Gasteiger charge is -1.84. The minimum Gasteiger partial charge on any atom is -0.463 e. The van der Waals surface area contributed by atoms with Gasteiger partial charge in [-0.15, -0.1) is 0 Å². The number of aryl methyl sites for hydroxylation is 1. The Bertz CT molecular complexity index is 178. The summed E-state index contributed by atoms with van der Waals surface area (Å²) in [6.07, 6.45) is 0. The molecule has 0 saturated carbocycles. The van der Waals surface area contributed by atoms with Crippen molar-refractivity contribution < 1.29 is 4.52 Å². The van der Waals surface area contributed by atoms with Gasteiger partial charge in [-0.3, -0.25) is 0 Å². The van der Waals surface area contributed by atoms with Gasteiger partial charge in [0.2, 0.25) is 5.88 Å². The molecule has 0 fully saturated rings. The molecule has 0 spiro atoms. The third-order valence-electron chi connectivity index (χ3n) is 0.727. The summed E-state index contributed by atoms with van der Waals surface area (Å²) < 4.78 is 8.68. The molecule has 0 aliphatic heterocycles. The highest BCUT2D eigenvalue weighted by Gasteiger charge is 1.92. The minimum absolute atomic E-state index is 0.678. The molecule has 4 heteroatoms. The molecule has 0 aromatic carbocycles. The third-order valence-corrected chi connectivity index (χ3v) is 1.65. The summed E-state index contributed by atoms with van der Waals surface area (Å²) >= 11 is 1.44. The fourth-order valence-electron chi connectivity index (χ4n) is 0.399. The predicted octanol–water partition coefficient (Wildman–Crippen LogP) is 2.65. The Balaban J connectivity index is 0.000000371. The first-order valence-electron chi connectivity index (χ1n) is 3.13. The molecule has 0 radical (unpaired) electrons. The van der Waals surface area contributed by atoms with Crippen LogP contribution < -0.4 is 4.52 Å². The summed E-state index contributed by atoms with van der Waals surface area (Å²) in [6.45, 7) is 5.99. The predicted molar refractivity (Wildman–Crippen MR) is 48.5 cm³/mol. The quantitative estimate of drug-likeness (QED) is 0.615. The van der Waals surface area contributed by atoms with Gasteiger partial charge in [0, 0.05) is 10.9 Å². The molecule has 10 heavy (non-hydrogen) atoms. The molecule has 0 aliphatic carbocycles. The zero-order valence-corrected chi connectivity index (χ0v) is 8.39. The zero-order valence-electron chi connectivity index (χ0n) is 6.42. The second-order valence-corrected chi connectivity index (χ2v) is 2.64. The monoisotopic (exact) mass is 177 g/mol. The van der Waals surface area contributed by atoms with Crippen LogP contribution in [-0.2, 0) is 0 Å². The van der Waals surface area contributed by atoms with E-state index in [4.69, 9.17) is 4.52 Å². The van der Waals surface area contributed by atoms with Crippen molar-refractivity contribution in [2.24, 2.45) is 0 Å². The Hall–Kier alpha value is -0.140. The smallest absolute Gasteiger partial charge is 0.227 e. The van der Waals surface area contributed by atoms with Crippen LogP contribution in [-0.4, -0.2) is 4.37 Å². The summed E-state index contributed by atoms with van der Waals surface area (Å²) in [7, 11) is 2.15. The molecule has 0 saturated heterocycles. The molecule has 1 unspecified atom stereocenters. The van der Waals surface area contributed by atoms with Gasteiger partial charge in [-0.2, -0.15) is 4.37 Å². The van der Waals surface area contributed by atoms with Crippen molar-refractivity contribution in [2.45, 2.75) is 20.8 Å². The van der Waals surface area contributed by atoms with Crippen LogP contribution in [0.2, 0.25) is 0 Å². The Kier molecular flexibility index (Phi) is 5.55. The van der Waals surface area contributed by atoms with E-state index in [0.717, 1.165) is 0 Å². The lowest BCUT2D eigenvalue weighted by atomic mass is 10.5. The molecule has 0 amide bonds. The average molecular weight is 177 g/mol. The Labute approximate surface area is 68.1 Å². The van der Waals surface area contributed by atoms with Crippen LogP contribution in [0.1, 0.15) is 18.7 Å². The van der Waals surface area contributed by atoms with Gasteiger partial charge in [-0.25, -0.2) is 0 Å². The van der Waals surface area contributed by atoms with Crippen LogP contribution in [0, 0.1) is 6.92 Å². The van der Waals surface area contributed by atoms with E-state index in [1.54, 1.807) is 0 Å². The number of aromatic nitrogens is 1. The maximum atomic E-state index is 4.75. The highest BCUT2D eigenvalue weighted by molar-refractivity contribution is 7.10. The van der Waals surface area contributed by atoms with E-state index in [-0.39, 0.29) is 0 Å². The van der Waals surface area contributed by atoms with E-state index in [9.17, 15) is 0 Å². The summed E-state index contributed by atoms with van der Waals surface area (Å²) in [5.74, 6) is 0.678. The molecule has 1 aromatic rings. The van der Waals surface area contributed by atoms with E-state index in [0.29, 0.717) is 5.88 Å². The van der Waals surface area contributed by atoms with Gasteiger partial charge >= 0.3 is 0 Å². The van der Waals surface area contributed by atoms with Gasteiger partial charge in [0.05, 0.1) is 9.47 Å². The normalized spacial score (nSPS) is 8.00. The SMILES string of the molecule is CC.Cc1cc(OP)ns1. The van der Waals surface area contributed by atoms with Crippen molar-refractivity contribution >= 4 is 21.0 Å². The van der Waals surface area contributed by atoms with Crippen LogP contribution in [0.3, 0.4) is 0 Å². The molecule has 1 aromatic heterocycles. The Morgan fingerprint density at radius 2 is 2.20 bits per heavy atom. The van der Waals surface area contributed by atoms with Crippen LogP contribution in [0.25, 0.3) is 0 Å². The van der Waals surface area contributed by atoms with E-state index < -0.39 is 0 Å². The summed E-state index contributed by atoms with van der Waals surface area (Å²) in [4.78, 5) is 1.17. The average Bonchev–Trinajstić information content (AvgIpc) is 2.40. The molecule has 0 N–H and O–H groups in total. The van der Waals surface area contributed by atoms with Gasteiger partial charge < -0.3 is 4.52 Å². The van der Waals surface area contributed by atoms with Crippen LogP contribution in [0.5, 0.6) is 5.88 Å². The molecule has 0 bridgehead atoms. The van der Waals surface area contributed by atoms with Crippen molar-refractivity contribution in [2.75, 3.05) is 0 Å². The number of hydrogen-bond donors (Lipinski definition) is 0. The highest BCUT2D eigenvalue weighted by atomic mass is 32.1. The molecule has 0 aliphatic rings. The van der Waals surface area contributed by atoms with Crippen LogP contribution >= 0.6 is 21.0 Å². The van der Waals surface area contributed by atoms with Gasteiger partial charge in [0.15, 0.2) is 0 Å². The first kappa shape index (κ1) is 9.86. The van der Waals surface area contributed by atoms with Crippen LogP contribution in [0.4, 0.5) is 0 Å². The molecular weight excluding hydrogens is 165 g/mol. The van der Waals surface area contributed by atoms with E-state index >= 15 is 0 Å². The first-order valence-corrected chi connectivity index (χ1v) is 4.37.